The van der Waals surface area contributed by atoms with Crippen LogP contribution < -0.4 is 62.2 Å². The smallest absolute Gasteiger partial charge is 0.320 e. The Hall–Kier alpha value is -5.04. The van der Waals surface area contributed by atoms with E-state index >= 15 is 0 Å². The zero-order valence-corrected chi connectivity index (χ0v) is 35.3. The molecule has 2 saturated carbocycles. The summed E-state index contributed by atoms with van der Waals surface area (Å²) in [5, 5.41) is 48.7. The topological polar surface area (TPSA) is 482 Å². The van der Waals surface area contributed by atoms with Gasteiger partial charge < -0.3 is 87.8 Å². The van der Waals surface area contributed by atoms with Gasteiger partial charge in [0.05, 0.1) is 0 Å². The number of hydrogen-bond donors (Lipinski definition) is 16. The van der Waals surface area contributed by atoms with Crippen molar-refractivity contribution in [2.45, 2.75) is 159 Å². The number of carbonyl (C=O) groups is 5. The number of carboxylic acids is 5. The summed E-state index contributed by atoms with van der Waals surface area (Å²) < 4.78 is 0. The minimum Gasteiger partial charge on any atom is -0.480 e. The standard InChI is InChI=1S/2C9H17NO2.3C6H14N4O2/c2*1-7(9(11)12)10-8-5-3-2-4-6-8;3*7-4(5(11)12)2-1-3-10-6(8)9/h2*7-8,10H,2-6H2,1H3,(H,11,12);3*4H,1-3,7H2,(H,11,12)(H4,8,9,10)/t2*7-;3*4-/m00111/s1. The van der Waals surface area contributed by atoms with Gasteiger partial charge in [0.15, 0.2) is 17.9 Å². The van der Waals surface area contributed by atoms with Gasteiger partial charge >= 0.3 is 29.8 Å². The maximum absolute atomic E-state index is 10.5. The first-order chi connectivity index (χ1) is 28.0. The van der Waals surface area contributed by atoms with Crippen LogP contribution in [-0.4, -0.2) is 135 Å². The SMILES string of the molecule is C[C@H](NC1CCCCC1)C(=O)O.C[C@H](NC1CCCCC1)C(=O)O.NC(N)=NCCC[C@@H](N)C(=O)O.NC(N)=NCCC[C@@H](N)C(=O)O.NC(N)=NCCC[C@@H](N)C(=O)O. The predicted molar refractivity (Wildman–Crippen MR) is 231 cm³/mol. The highest BCUT2D eigenvalue weighted by molar-refractivity contribution is 5.77. The first-order valence-corrected chi connectivity index (χ1v) is 20.1. The molecule has 350 valence electrons. The molecule has 0 radical (unpaired) electrons. The number of rotatable bonds is 21. The van der Waals surface area contributed by atoms with Crippen LogP contribution in [0.1, 0.15) is 117 Å². The van der Waals surface area contributed by atoms with Crippen LogP contribution in [-0.2, 0) is 24.0 Å². The molecule has 0 unspecified atom stereocenters. The van der Waals surface area contributed by atoms with Crippen LogP contribution in [0.15, 0.2) is 15.0 Å². The summed E-state index contributed by atoms with van der Waals surface area (Å²) in [6, 6.07) is -2.38. The number of carboxylic acid groups (broad SMARTS) is 5. The average Bonchev–Trinajstić information content (AvgIpc) is 3.17. The lowest BCUT2D eigenvalue weighted by Crippen LogP contribution is -2.42. The highest BCUT2D eigenvalue weighted by Crippen LogP contribution is 2.18. The van der Waals surface area contributed by atoms with Gasteiger partial charge in [-0.15, -0.1) is 0 Å². The fourth-order valence-electron chi connectivity index (χ4n) is 5.32. The van der Waals surface area contributed by atoms with Gasteiger partial charge in [-0.25, -0.2) is 0 Å². The molecule has 0 heterocycles. The van der Waals surface area contributed by atoms with E-state index in [2.05, 4.69) is 25.6 Å². The predicted octanol–water partition coefficient (Wildman–Crippen LogP) is -1.88. The Morgan fingerprint density at radius 3 is 0.883 bits per heavy atom. The molecule has 0 aromatic heterocycles. The number of hydrogen-bond acceptors (Lipinski definition) is 13. The van der Waals surface area contributed by atoms with Crippen molar-refractivity contribution >= 4 is 47.7 Å². The van der Waals surface area contributed by atoms with E-state index in [1.54, 1.807) is 13.8 Å². The second-order valence-corrected chi connectivity index (χ2v) is 14.3. The van der Waals surface area contributed by atoms with Gasteiger partial charge in [-0.1, -0.05) is 38.5 Å². The Bertz CT molecular complexity index is 1150. The maximum Gasteiger partial charge on any atom is 0.320 e. The van der Waals surface area contributed by atoms with Crippen LogP contribution in [0.25, 0.3) is 0 Å². The fraction of sp³-hybridized carbons (Fsp3) is 0.778. The molecule has 0 spiro atoms. The first kappa shape index (κ1) is 59.3. The second kappa shape index (κ2) is 37.0. The largest absolute Gasteiger partial charge is 0.480 e. The Kier molecular flexibility index (Phi) is 36.5. The molecule has 25 N–H and O–H groups in total. The molecule has 5 atom stereocenters. The lowest BCUT2D eigenvalue weighted by Gasteiger charge is -2.24. The summed E-state index contributed by atoms with van der Waals surface area (Å²) in [7, 11) is 0. The van der Waals surface area contributed by atoms with Crippen LogP contribution in [0.2, 0.25) is 0 Å². The van der Waals surface area contributed by atoms with Crippen molar-refractivity contribution in [3.63, 3.8) is 0 Å². The van der Waals surface area contributed by atoms with Gasteiger partial charge in [-0.2, -0.15) is 0 Å². The van der Waals surface area contributed by atoms with E-state index in [4.69, 9.17) is 77.1 Å². The van der Waals surface area contributed by atoms with E-state index in [1.165, 1.54) is 38.5 Å². The molecule has 0 bridgehead atoms. The van der Waals surface area contributed by atoms with Gasteiger partial charge in [-0.3, -0.25) is 38.9 Å². The Labute approximate surface area is 352 Å². The first-order valence-electron chi connectivity index (χ1n) is 20.1. The molecule has 60 heavy (non-hydrogen) atoms. The molecule has 2 fully saturated rings. The number of nitrogens with one attached hydrogen (secondary N) is 2. The minimum atomic E-state index is -1.00. The van der Waals surface area contributed by atoms with Gasteiger partial charge in [0.1, 0.15) is 30.2 Å². The Morgan fingerprint density at radius 1 is 0.467 bits per heavy atom. The maximum atomic E-state index is 10.5. The van der Waals surface area contributed by atoms with E-state index < -0.39 is 60.1 Å². The molecule has 2 aliphatic rings. The molecule has 0 aromatic carbocycles. The second-order valence-electron chi connectivity index (χ2n) is 14.3. The summed E-state index contributed by atoms with van der Waals surface area (Å²) in [4.78, 5) is 62.7. The molecule has 24 nitrogen and oxygen atoms in total. The van der Waals surface area contributed by atoms with Crippen LogP contribution in [0, 0.1) is 0 Å². The van der Waals surface area contributed by atoms with Gasteiger partial charge in [0, 0.05) is 31.7 Å². The zero-order valence-electron chi connectivity index (χ0n) is 35.3. The molecule has 24 heteroatoms. The Morgan fingerprint density at radius 2 is 0.700 bits per heavy atom. The van der Waals surface area contributed by atoms with Crippen molar-refractivity contribution in [2.24, 2.45) is 66.6 Å². The number of aliphatic imine (C=N–C) groups is 3. The molecule has 0 saturated heterocycles. The third kappa shape index (κ3) is 39.8. The van der Waals surface area contributed by atoms with Crippen LogP contribution in [0.5, 0.6) is 0 Å². The fourth-order valence-corrected chi connectivity index (χ4v) is 5.32. The van der Waals surface area contributed by atoms with E-state index in [-0.39, 0.29) is 17.9 Å². The van der Waals surface area contributed by atoms with Crippen molar-refractivity contribution < 1.29 is 49.5 Å². The molecular formula is C36H76N14O10. The van der Waals surface area contributed by atoms with Crippen molar-refractivity contribution in [2.75, 3.05) is 19.6 Å². The number of nitrogens with zero attached hydrogens (tertiary/aromatic N) is 3. The Balaban J connectivity index is -0.000000677. The summed E-state index contributed by atoms with van der Waals surface area (Å²) >= 11 is 0. The molecule has 2 rings (SSSR count). The van der Waals surface area contributed by atoms with Crippen molar-refractivity contribution in [3.8, 4) is 0 Å². The summed E-state index contributed by atoms with van der Waals surface area (Å²) in [6.07, 6.45) is 15.0. The van der Waals surface area contributed by atoms with Crippen molar-refractivity contribution in [1.82, 2.24) is 10.6 Å². The van der Waals surface area contributed by atoms with E-state index in [0.29, 0.717) is 70.2 Å². The quantitative estimate of drug-likeness (QED) is 0.0341. The van der Waals surface area contributed by atoms with Crippen LogP contribution in [0.4, 0.5) is 0 Å². The third-order valence-corrected chi connectivity index (χ3v) is 8.78. The summed E-state index contributed by atoms with van der Waals surface area (Å²) in [5.41, 5.74) is 46.0. The lowest BCUT2D eigenvalue weighted by molar-refractivity contribution is -0.140. The summed E-state index contributed by atoms with van der Waals surface area (Å²) in [6.45, 7) is 4.67. The molecule has 2 aliphatic carbocycles. The van der Waals surface area contributed by atoms with Crippen molar-refractivity contribution in [1.29, 1.82) is 0 Å². The normalized spacial score (nSPS) is 16.1. The third-order valence-electron chi connectivity index (χ3n) is 8.78. The van der Waals surface area contributed by atoms with Gasteiger partial charge in [-0.05, 0) is 78.1 Å². The van der Waals surface area contributed by atoms with E-state index in [0.717, 1.165) is 25.7 Å². The van der Waals surface area contributed by atoms with Gasteiger partial charge in [0.25, 0.3) is 0 Å². The number of aliphatic carboxylic acids is 5. The van der Waals surface area contributed by atoms with E-state index in [9.17, 15) is 24.0 Å². The van der Waals surface area contributed by atoms with E-state index in [1.807, 2.05) is 0 Å². The van der Waals surface area contributed by atoms with Crippen LogP contribution in [0.3, 0.4) is 0 Å². The van der Waals surface area contributed by atoms with Crippen molar-refractivity contribution in [3.05, 3.63) is 0 Å². The molecule has 0 aliphatic heterocycles. The van der Waals surface area contributed by atoms with Crippen LogP contribution >= 0.6 is 0 Å². The molecular weight excluding hydrogens is 788 g/mol. The monoisotopic (exact) mass is 865 g/mol. The molecule has 0 amide bonds. The summed E-state index contributed by atoms with van der Waals surface area (Å²) in [5.74, 6) is -4.46. The van der Waals surface area contributed by atoms with Gasteiger partial charge in [0.2, 0.25) is 0 Å². The molecule has 0 aromatic rings. The average molecular weight is 865 g/mol. The minimum absolute atomic E-state index is 0.0129. The number of nitrogens with two attached hydrogens (primary N) is 9. The lowest BCUT2D eigenvalue weighted by atomic mass is 9.95. The highest BCUT2D eigenvalue weighted by Gasteiger charge is 2.20. The zero-order chi connectivity index (χ0) is 46.6. The highest BCUT2D eigenvalue weighted by atomic mass is 16.4. The number of guanidine groups is 3.